The minimum atomic E-state index is -4.35. The SMILES string of the molecule is NCCCc1onc2ccc(C(F)(F)F)cc12. The minimum absolute atomic E-state index is 0.410. The lowest BCUT2D eigenvalue weighted by Gasteiger charge is -2.05. The summed E-state index contributed by atoms with van der Waals surface area (Å²) < 4.78 is 42.6. The highest BCUT2D eigenvalue weighted by atomic mass is 19.4. The van der Waals surface area contributed by atoms with Gasteiger partial charge in [0.1, 0.15) is 11.3 Å². The second kappa shape index (κ2) is 4.37. The van der Waals surface area contributed by atoms with Crippen molar-refractivity contribution in [2.75, 3.05) is 6.54 Å². The van der Waals surface area contributed by atoms with Gasteiger partial charge in [-0.2, -0.15) is 13.2 Å². The van der Waals surface area contributed by atoms with Crippen molar-refractivity contribution < 1.29 is 17.7 Å². The van der Waals surface area contributed by atoms with Gasteiger partial charge in [-0.25, -0.2) is 0 Å². The van der Waals surface area contributed by atoms with Gasteiger partial charge < -0.3 is 10.3 Å². The van der Waals surface area contributed by atoms with Gasteiger partial charge in [0, 0.05) is 11.8 Å². The van der Waals surface area contributed by atoms with Crippen molar-refractivity contribution in [1.82, 2.24) is 5.16 Å². The molecule has 0 bridgehead atoms. The zero-order valence-corrected chi connectivity index (χ0v) is 8.92. The van der Waals surface area contributed by atoms with Crippen LogP contribution in [0.3, 0.4) is 0 Å². The molecule has 0 spiro atoms. The van der Waals surface area contributed by atoms with Crippen LogP contribution in [0, 0.1) is 0 Å². The predicted molar refractivity (Wildman–Crippen MR) is 56.4 cm³/mol. The van der Waals surface area contributed by atoms with Crippen LogP contribution in [0.5, 0.6) is 0 Å². The Balaban J connectivity index is 2.43. The van der Waals surface area contributed by atoms with Gasteiger partial charge in [-0.05, 0) is 31.2 Å². The van der Waals surface area contributed by atoms with E-state index in [2.05, 4.69) is 5.16 Å². The Bertz CT molecular complexity index is 519. The molecular weight excluding hydrogens is 233 g/mol. The van der Waals surface area contributed by atoms with Gasteiger partial charge in [0.2, 0.25) is 0 Å². The van der Waals surface area contributed by atoms with Crippen LogP contribution in [0.4, 0.5) is 13.2 Å². The number of hydrogen-bond acceptors (Lipinski definition) is 3. The molecule has 2 aromatic rings. The maximum atomic E-state index is 12.5. The number of halogens is 3. The van der Waals surface area contributed by atoms with E-state index in [9.17, 15) is 13.2 Å². The second-order valence-corrected chi connectivity index (χ2v) is 3.73. The molecule has 0 aliphatic carbocycles. The molecule has 1 heterocycles. The predicted octanol–water partition coefficient (Wildman–Crippen LogP) is 2.74. The molecule has 1 aromatic heterocycles. The number of hydrogen-bond donors (Lipinski definition) is 1. The van der Waals surface area contributed by atoms with E-state index in [0.717, 1.165) is 12.1 Å². The van der Waals surface area contributed by atoms with Crippen LogP contribution >= 0.6 is 0 Å². The Labute approximate surface area is 95.4 Å². The van der Waals surface area contributed by atoms with Gasteiger partial charge >= 0.3 is 6.18 Å². The topological polar surface area (TPSA) is 52.0 Å². The molecule has 92 valence electrons. The van der Waals surface area contributed by atoms with Crippen LogP contribution in [0.15, 0.2) is 22.7 Å². The van der Waals surface area contributed by atoms with Crippen molar-refractivity contribution in [2.24, 2.45) is 5.73 Å². The van der Waals surface area contributed by atoms with E-state index >= 15 is 0 Å². The Morgan fingerprint density at radius 1 is 1.29 bits per heavy atom. The highest BCUT2D eigenvalue weighted by Crippen LogP contribution is 2.32. The quantitative estimate of drug-likeness (QED) is 0.903. The summed E-state index contributed by atoms with van der Waals surface area (Å²) >= 11 is 0. The summed E-state index contributed by atoms with van der Waals surface area (Å²) in [5.74, 6) is 0.455. The van der Waals surface area contributed by atoms with Crippen LogP contribution in [0.2, 0.25) is 0 Å². The number of rotatable bonds is 3. The summed E-state index contributed by atoms with van der Waals surface area (Å²) in [5, 5.41) is 4.12. The van der Waals surface area contributed by atoms with E-state index in [4.69, 9.17) is 10.3 Å². The molecule has 2 N–H and O–H groups in total. The minimum Gasteiger partial charge on any atom is -0.360 e. The third kappa shape index (κ3) is 2.41. The molecule has 1 aromatic carbocycles. The highest BCUT2D eigenvalue weighted by Gasteiger charge is 2.31. The summed E-state index contributed by atoms with van der Waals surface area (Å²) in [6, 6.07) is 3.38. The normalized spacial score (nSPS) is 12.2. The zero-order valence-electron chi connectivity index (χ0n) is 8.92. The molecule has 0 saturated carbocycles. The fourth-order valence-electron chi connectivity index (χ4n) is 1.61. The summed E-state index contributed by atoms with van der Waals surface area (Å²) in [5.41, 5.74) is 5.09. The summed E-state index contributed by atoms with van der Waals surface area (Å²) in [4.78, 5) is 0. The number of benzene rings is 1. The number of nitrogens with two attached hydrogens (primary N) is 1. The fraction of sp³-hybridized carbons (Fsp3) is 0.364. The molecule has 0 fully saturated rings. The molecular formula is C11H11F3N2O. The Hall–Kier alpha value is -1.56. The third-order valence-corrected chi connectivity index (χ3v) is 2.49. The largest absolute Gasteiger partial charge is 0.416 e. The summed E-state index contributed by atoms with van der Waals surface area (Å²) in [7, 11) is 0. The van der Waals surface area contributed by atoms with Crippen molar-refractivity contribution in [2.45, 2.75) is 19.0 Å². The number of alkyl halides is 3. The van der Waals surface area contributed by atoms with E-state index in [1.165, 1.54) is 6.07 Å². The van der Waals surface area contributed by atoms with Crippen LogP contribution in [-0.2, 0) is 12.6 Å². The molecule has 0 atom stereocenters. The first kappa shape index (κ1) is 11.9. The number of nitrogens with zero attached hydrogens (tertiary/aromatic N) is 1. The van der Waals surface area contributed by atoms with Gasteiger partial charge in [0.15, 0.2) is 0 Å². The zero-order chi connectivity index (χ0) is 12.5. The van der Waals surface area contributed by atoms with Gasteiger partial charge in [-0.1, -0.05) is 5.16 Å². The first-order valence-corrected chi connectivity index (χ1v) is 5.18. The third-order valence-electron chi connectivity index (χ3n) is 2.49. The standard InChI is InChI=1S/C11H11F3N2O/c12-11(13,14)7-3-4-9-8(6-7)10(17-16-9)2-1-5-15/h3-4,6H,1-2,5,15H2. The fourth-order valence-corrected chi connectivity index (χ4v) is 1.61. The highest BCUT2D eigenvalue weighted by molar-refractivity contribution is 5.81. The van der Waals surface area contributed by atoms with E-state index in [1.807, 2.05) is 0 Å². The van der Waals surface area contributed by atoms with Crippen molar-refractivity contribution in [3.63, 3.8) is 0 Å². The van der Waals surface area contributed by atoms with Crippen LogP contribution < -0.4 is 5.73 Å². The molecule has 17 heavy (non-hydrogen) atoms. The van der Waals surface area contributed by atoms with Crippen LogP contribution in [-0.4, -0.2) is 11.7 Å². The molecule has 0 aliphatic rings. The van der Waals surface area contributed by atoms with Crippen molar-refractivity contribution in [3.05, 3.63) is 29.5 Å². The molecule has 0 amide bonds. The van der Waals surface area contributed by atoms with E-state index < -0.39 is 11.7 Å². The number of aromatic nitrogens is 1. The Kier molecular flexibility index (Phi) is 3.06. The molecule has 0 unspecified atom stereocenters. The van der Waals surface area contributed by atoms with Crippen molar-refractivity contribution >= 4 is 10.9 Å². The van der Waals surface area contributed by atoms with Crippen molar-refractivity contribution in [3.8, 4) is 0 Å². The van der Waals surface area contributed by atoms with E-state index in [-0.39, 0.29) is 0 Å². The molecule has 3 nitrogen and oxygen atoms in total. The second-order valence-electron chi connectivity index (χ2n) is 3.73. The van der Waals surface area contributed by atoms with Gasteiger partial charge in [0.05, 0.1) is 5.56 Å². The van der Waals surface area contributed by atoms with E-state index in [1.54, 1.807) is 0 Å². The Morgan fingerprint density at radius 3 is 2.71 bits per heavy atom. The maximum Gasteiger partial charge on any atom is 0.416 e. The molecule has 6 heteroatoms. The van der Waals surface area contributed by atoms with Crippen molar-refractivity contribution in [1.29, 1.82) is 0 Å². The lowest BCUT2D eigenvalue weighted by atomic mass is 10.1. The van der Waals surface area contributed by atoms with Crippen LogP contribution in [0.1, 0.15) is 17.7 Å². The summed E-state index contributed by atoms with van der Waals surface area (Å²) in [6.45, 7) is 0.459. The first-order valence-electron chi connectivity index (χ1n) is 5.18. The maximum absolute atomic E-state index is 12.5. The smallest absolute Gasteiger partial charge is 0.360 e. The average Bonchev–Trinajstić information content (AvgIpc) is 2.67. The van der Waals surface area contributed by atoms with Gasteiger partial charge in [-0.3, -0.25) is 0 Å². The lowest BCUT2D eigenvalue weighted by molar-refractivity contribution is -0.137. The monoisotopic (exact) mass is 244 g/mol. The summed E-state index contributed by atoms with van der Waals surface area (Å²) in [6.07, 6.45) is -3.20. The van der Waals surface area contributed by atoms with Gasteiger partial charge in [-0.15, -0.1) is 0 Å². The van der Waals surface area contributed by atoms with E-state index in [0.29, 0.717) is 36.0 Å². The molecule has 2 rings (SSSR count). The first-order chi connectivity index (χ1) is 8.02. The lowest BCUT2D eigenvalue weighted by Crippen LogP contribution is -2.04. The van der Waals surface area contributed by atoms with Gasteiger partial charge in [0.25, 0.3) is 0 Å². The molecule has 0 radical (unpaired) electrons. The van der Waals surface area contributed by atoms with Crippen LogP contribution in [0.25, 0.3) is 10.9 Å². The molecule has 0 aliphatic heterocycles. The average molecular weight is 244 g/mol. The number of fused-ring (bicyclic) bond motifs is 1. The number of aryl methyl sites for hydroxylation is 1. The Morgan fingerprint density at radius 2 is 2.06 bits per heavy atom. The molecule has 0 saturated heterocycles.